The standard InChI is InChI=1S/C26H28F2N2O2/c1-31-24-5-3-4-21(26(24)32-2)18-29-14-16-30(17-15-29)25(19-6-10-22(27)11-7-19)20-8-12-23(28)13-9-20/h3-13,25H,14-18H2,1-2H3. The van der Waals surface area contributed by atoms with Gasteiger partial charge in [0.2, 0.25) is 0 Å². The third-order valence-electron chi connectivity index (χ3n) is 6.02. The Kier molecular flexibility index (Phi) is 7.02. The van der Waals surface area contributed by atoms with Crippen molar-refractivity contribution in [1.82, 2.24) is 9.80 Å². The Morgan fingerprint density at radius 1 is 0.750 bits per heavy atom. The van der Waals surface area contributed by atoms with E-state index in [0.29, 0.717) is 0 Å². The third kappa shape index (κ3) is 4.92. The Morgan fingerprint density at radius 3 is 1.81 bits per heavy atom. The molecule has 0 aliphatic carbocycles. The van der Waals surface area contributed by atoms with E-state index in [0.717, 1.165) is 60.9 Å². The summed E-state index contributed by atoms with van der Waals surface area (Å²) >= 11 is 0. The summed E-state index contributed by atoms with van der Waals surface area (Å²) in [5, 5.41) is 0. The van der Waals surface area contributed by atoms with Crippen LogP contribution in [0.3, 0.4) is 0 Å². The van der Waals surface area contributed by atoms with E-state index in [-0.39, 0.29) is 17.7 Å². The molecule has 0 saturated carbocycles. The zero-order chi connectivity index (χ0) is 22.5. The van der Waals surface area contributed by atoms with Crippen LogP contribution in [0, 0.1) is 11.6 Å². The second-order valence-electron chi connectivity index (χ2n) is 7.97. The van der Waals surface area contributed by atoms with E-state index in [1.165, 1.54) is 24.3 Å². The number of halogens is 2. The number of piperazine rings is 1. The summed E-state index contributed by atoms with van der Waals surface area (Å²) in [4.78, 5) is 4.76. The summed E-state index contributed by atoms with van der Waals surface area (Å²) < 4.78 is 38.1. The smallest absolute Gasteiger partial charge is 0.165 e. The number of methoxy groups -OCH3 is 2. The van der Waals surface area contributed by atoms with E-state index in [2.05, 4.69) is 15.9 Å². The van der Waals surface area contributed by atoms with Crippen molar-refractivity contribution in [3.05, 3.63) is 95.1 Å². The lowest BCUT2D eigenvalue weighted by atomic mass is 9.96. The number of hydrogen-bond acceptors (Lipinski definition) is 4. The van der Waals surface area contributed by atoms with E-state index >= 15 is 0 Å². The third-order valence-corrected chi connectivity index (χ3v) is 6.02. The number of ether oxygens (including phenoxy) is 2. The summed E-state index contributed by atoms with van der Waals surface area (Å²) in [5.41, 5.74) is 3.09. The number of benzene rings is 3. The molecule has 168 valence electrons. The number of nitrogens with zero attached hydrogens (tertiary/aromatic N) is 2. The lowest BCUT2D eigenvalue weighted by Gasteiger charge is -2.40. The molecular formula is C26H28F2N2O2. The van der Waals surface area contributed by atoms with Crippen molar-refractivity contribution < 1.29 is 18.3 Å². The molecule has 0 N–H and O–H groups in total. The molecule has 6 heteroatoms. The van der Waals surface area contributed by atoms with Crippen molar-refractivity contribution in [3.63, 3.8) is 0 Å². The highest BCUT2D eigenvalue weighted by atomic mass is 19.1. The SMILES string of the molecule is COc1cccc(CN2CCN(C(c3ccc(F)cc3)c3ccc(F)cc3)CC2)c1OC. The quantitative estimate of drug-likeness (QED) is 0.525. The molecule has 32 heavy (non-hydrogen) atoms. The Labute approximate surface area is 188 Å². The molecule has 4 nitrogen and oxygen atoms in total. The van der Waals surface area contributed by atoms with Crippen molar-refractivity contribution in [3.8, 4) is 11.5 Å². The van der Waals surface area contributed by atoms with Crippen LogP contribution in [0.25, 0.3) is 0 Å². The van der Waals surface area contributed by atoms with Gasteiger partial charge < -0.3 is 9.47 Å². The van der Waals surface area contributed by atoms with Gasteiger partial charge in [-0.05, 0) is 41.5 Å². The minimum atomic E-state index is -0.260. The highest BCUT2D eigenvalue weighted by Gasteiger charge is 2.27. The van der Waals surface area contributed by atoms with Crippen molar-refractivity contribution in [2.24, 2.45) is 0 Å². The molecule has 1 heterocycles. The van der Waals surface area contributed by atoms with Crippen molar-refractivity contribution >= 4 is 0 Å². The lowest BCUT2D eigenvalue weighted by molar-refractivity contribution is 0.104. The zero-order valence-electron chi connectivity index (χ0n) is 18.4. The summed E-state index contributed by atoms with van der Waals surface area (Å²) in [6.07, 6.45) is 0. The molecule has 0 unspecified atom stereocenters. The molecule has 1 aliphatic rings. The Morgan fingerprint density at radius 2 is 1.31 bits per heavy atom. The van der Waals surface area contributed by atoms with E-state index < -0.39 is 0 Å². The average molecular weight is 439 g/mol. The van der Waals surface area contributed by atoms with E-state index in [1.54, 1.807) is 14.2 Å². The van der Waals surface area contributed by atoms with Crippen LogP contribution in [-0.4, -0.2) is 50.2 Å². The Hall–Kier alpha value is -2.96. The van der Waals surface area contributed by atoms with Gasteiger partial charge in [0.1, 0.15) is 11.6 Å². The topological polar surface area (TPSA) is 24.9 Å². The largest absolute Gasteiger partial charge is 0.493 e. The molecule has 1 fully saturated rings. The van der Waals surface area contributed by atoms with E-state index in [4.69, 9.17) is 9.47 Å². The number of hydrogen-bond donors (Lipinski definition) is 0. The highest BCUT2D eigenvalue weighted by Crippen LogP contribution is 2.33. The Balaban J connectivity index is 1.50. The van der Waals surface area contributed by atoms with E-state index in [1.807, 2.05) is 36.4 Å². The molecule has 3 aromatic carbocycles. The first-order valence-corrected chi connectivity index (χ1v) is 10.8. The number of rotatable bonds is 7. The molecule has 3 aromatic rings. The predicted molar refractivity (Wildman–Crippen MR) is 121 cm³/mol. The van der Waals surface area contributed by atoms with Crippen LogP contribution in [0.2, 0.25) is 0 Å². The number of para-hydroxylation sites is 1. The van der Waals surface area contributed by atoms with Gasteiger partial charge in [0.05, 0.1) is 20.3 Å². The molecule has 0 aromatic heterocycles. The van der Waals surface area contributed by atoms with Crippen LogP contribution >= 0.6 is 0 Å². The van der Waals surface area contributed by atoms with Crippen LogP contribution in [0.4, 0.5) is 8.78 Å². The first-order chi connectivity index (χ1) is 15.6. The molecule has 0 amide bonds. The fraction of sp³-hybridized carbons (Fsp3) is 0.308. The van der Waals surface area contributed by atoms with Crippen LogP contribution < -0.4 is 9.47 Å². The molecule has 0 radical (unpaired) electrons. The fourth-order valence-corrected chi connectivity index (χ4v) is 4.40. The molecular weight excluding hydrogens is 410 g/mol. The molecule has 4 rings (SSSR count). The molecule has 1 aliphatic heterocycles. The second kappa shape index (κ2) is 10.1. The van der Waals surface area contributed by atoms with Gasteiger partial charge in [0.25, 0.3) is 0 Å². The summed E-state index contributed by atoms with van der Waals surface area (Å²) in [5.74, 6) is 0.983. The van der Waals surface area contributed by atoms with Crippen LogP contribution in [0.1, 0.15) is 22.7 Å². The van der Waals surface area contributed by atoms with Gasteiger partial charge in [-0.25, -0.2) is 8.78 Å². The van der Waals surface area contributed by atoms with Crippen LogP contribution in [0.5, 0.6) is 11.5 Å². The first-order valence-electron chi connectivity index (χ1n) is 10.8. The van der Waals surface area contributed by atoms with Gasteiger partial charge in [0.15, 0.2) is 11.5 Å². The van der Waals surface area contributed by atoms with E-state index in [9.17, 15) is 8.78 Å². The molecule has 0 atom stereocenters. The van der Waals surface area contributed by atoms with Crippen LogP contribution in [-0.2, 0) is 6.54 Å². The second-order valence-corrected chi connectivity index (χ2v) is 7.97. The van der Waals surface area contributed by atoms with Gasteiger partial charge in [-0.2, -0.15) is 0 Å². The highest BCUT2D eigenvalue weighted by molar-refractivity contribution is 5.46. The minimum absolute atomic E-state index is 0.0512. The van der Waals surface area contributed by atoms with Crippen molar-refractivity contribution in [2.45, 2.75) is 12.6 Å². The molecule has 1 saturated heterocycles. The van der Waals surface area contributed by atoms with Gasteiger partial charge in [-0.15, -0.1) is 0 Å². The van der Waals surface area contributed by atoms with Crippen molar-refractivity contribution in [2.75, 3.05) is 40.4 Å². The minimum Gasteiger partial charge on any atom is -0.493 e. The zero-order valence-corrected chi connectivity index (χ0v) is 18.4. The van der Waals surface area contributed by atoms with Gasteiger partial charge in [-0.1, -0.05) is 36.4 Å². The maximum Gasteiger partial charge on any atom is 0.165 e. The first kappa shape index (κ1) is 22.2. The van der Waals surface area contributed by atoms with Crippen molar-refractivity contribution in [1.29, 1.82) is 0 Å². The lowest BCUT2D eigenvalue weighted by Crippen LogP contribution is -2.47. The Bertz CT molecular complexity index is 972. The summed E-state index contributed by atoms with van der Waals surface area (Å²) in [7, 11) is 3.31. The maximum absolute atomic E-state index is 13.5. The summed E-state index contributed by atoms with van der Waals surface area (Å²) in [6.45, 7) is 4.20. The predicted octanol–water partition coefficient (Wildman–Crippen LogP) is 4.89. The van der Waals surface area contributed by atoms with Gasteiger partial charge >= 0.3 is 0 Å². The monoisotopic (exact) mass is 438 g/mol. The summed E-state index contributed by atoms with van der Waals surface area (Å²) in [6, 6.07) is 19.1. The molecule has 0 bridgehead atoms. The normalized spacial score (nSPS) is 15.2. The maximum atomic E-state index is 13.5. The average Bonchev–Trinajstić information content (AvgIpc) is 2.82. The molecule has 0 spiro atoms. The van der Waals surface area contributed by atoms with Crippen LogP contribution in [0.15, 0.2) is 66.7 Å². The fourth-order valence-electron chi connectivity index (χ4n) is 4.40. The van der Waals surface area contributed by atoms with Gasteiger partial charge in [0, 0.05) is 38.3 Å². The van der Waals surface area contributed by atoms with Gasteiger partial charge in [-0.3, -0.25) is 9.80 Å².